The second kappa shape index (κ2) is 7.01. The molecule has 1 aromatic heterocycles. The Labute approximate surface area is 114 Å². The molecule has 0 aliphatic rings. The maximum absolute atomic E-state index is 5.50. The zero-order chi connectivity index (χ0) is 13.5. The van der Waals surface area contributed by atoms with E-state index in [1.54, 1.807) is 0 Å². The van der Waals surface area contributed by atoms with E-state index in [-0.39, 0.29) is 0 Å². The van der Waals surface area contributed by atoms with E-state index in [1.165, 1.54) is 5.56 Å². The van der Waals surface area contributed by atoms with Crippen molar-refractivity contribution in [1.82, 2.24) is 19.9 Å². The first-order chi connectivity index (χ1) is 9.28. The molecule has 19 heavy (non-hydrogen) atoms. The lowest BCUT2D eigenvalue weighted by Crippen LogP contribution is -2.25. The number of hydrogen-bond acceptors (Lipinski definition) is 4. The van der Waals surface area contributed by atoms with Crippen molar-refractivity contribution in [1.29, 1.82) is 0 Å². The molecule has 0 saturated carbocycles. The average molecular weight is 259 g/mol. The highest BCUT2D eigenvalue weighted by atomic mass is 15.4. The molecule has 0 atom stereocenters. The van der Waals surface area contributed by atoms with Gasteiger partial charge in [0.2, 0.25) is 0 Å². The summed E-state index contributed by atoms with van der Waals surface area (Å²) in [4.78, 5) is 2.30. The van der Waals surface area contributed by atoms with Crippen molar-refractivity contribution in [3.8, 4) is 0 Å². The minimum Gasteiger partial charge on any atom is -0.325 e. The van der Waals surface area contributed by atoms with Crippen LogP contribution in [0.25, 0.3) is 0 Å². The zero-order valence-corrected chi connectivity index (χ0v) is 11.4. The van der Waals surface area contributed by atoms with Crippen molar-refractivity contribution in [2.75, 3.05) is 20.1 Å². The molecule has 2 aromatic rings. The maximum Gasteiger partial charge on any atom is 0.0962 e. The van der Waals surface area contributed by atoms with Gasteiger partial charge in [0.1, 0.15) is 0 Å². The molecule has 0 aliphatic heterocycles. The summed E-state index contributed by atoms with van der Waals surface area (Å²) in [5.74, 6) is 0. The SMILES string of the molecule is CN(CCc1ccccc1)CCn1cc(CN)nn1. The molecular formula is C14H21N5. The first-order valence-corrected chi connectivity index (χ1v) is 6.59. The molecule has 0 bridgehead atoms. The van der Waals surface area contributed by atoms with E-state index in [2.05, 4.69) is 46.5 Å². The number of hydrogen-bond donors (Lipinski definition) is 1. The van der Waals surface area contributed by atoms with Gasteiger partial charge in [0.25, 0.3) is 0 Å². The van der Waals surface area contributed by atoms with E-state index < -0.39 is 0 Å². The molecule has 0 fully saturated rings. The molecule has 0 amide bonds. The van der Waals surface area contributed by atoms with Crippen LogP contribution in [0.4, 0.5) is 0 Å². The number of benzene rings is 1. The molecule has 102 valence electrons. The fourth-order valence-corrected chi connectivity index (χ4v) is 1.89. The highest BCUT2D eigenvalue weighted by Crippen LogP contribution is 2.00. The zero-order valence-electron chi connectivity index (χ0n) is 11.4. The molecule has 0 saturated heterocycles. The fraction of sp³-hybridized carbons (Fsp3) is 0.429. The van der Waals surface area contributed by atoms with Gasteiger partial charge in [-0.1, -0.05) is 35.5 Å². The van der Waals surface area contributed by atoms with Crippen LogP contribution in [0.1, 0.15) is 11.3 Å². The largest absolute Gasteiger partial charge is 0.325 e. The Hall–Kier alpha value is -1.72. The predicted octanol–water partition coefficient (Wildman–Crippen LogP) is 0.911. The van der Waals surface area contributed by atoms with E-state index >= 15 is 0 Å². The summed E-state index contributed by atoms with van der Waals surface area (Å²) in [7, 11) is 2.13. The summed E-state index contributed by atoms with van der Waals surface area (Å²) < 4.78 is 1.85. The van der Waals surface area contributed by atoms with Crippen LogP contribution in [0.15, 0.2) is 36.5 Å². The van der Waals surface area contributed by atoms with Gasteiger partial charge < -0.3 is 10.6 Å². The minimum absolute atomic E-state index is 0.448. The summed E-state index contributed by atoms with van der Waals surface area (Å²) in [5.41, 5.74) is 7.72. The first kappa shape index (κ1) is 13.7. The van der Waals surface area contributed by atoms with Crippen molar-refractivity contribution < 1.29 is 0 Å². The number of likely N-dealkylation sites (N-methyl/N-ethyl adjacent to an activating group) is 1. The van der Waals surface area contributed by atoms with Gasteiger partial charge in [-0.3, -0.25) is 4.68 Å². The van der Waals surface area contributed by atoms with E-state index in [0.717, 1.165) is 31.7 Å². The van der Waals surface area contributed by atoms with Crippen molar-refractivity contribution in [3.63, 3.8) is 0 Å². The van der Waals surface area contributed by atoms with Crippen LogP contribution in [0.5, 0.6) is 0 Å². The number of aromatic nitrogens is 3. The van der Waals surface area contributed by atoms with Crippen LogP contribution in [0.2, 0.25) is 0 Å². The summed E-state index contributed by atoms with van der Waals surface area (Å²) >= 11 is 0. The van der Waals surface area contributed by atoms with Gasteiger partial charge in [0.05, 0.1) is 12.2 Å². The summed E-state index contributed by atoms with van der Waals surface area (Å²) in [6.45, 7) is 3.30. The molecule has 1 heterocycles. The number of rotatable bonds is 7. The Morgan fingerprint density at radius 1 is 1.21 bits per heavy atom. The minimum atomic E-state index is 0.448. The van der Waals surface area contributed by atoms with Gasteiger partial charge in [0.15, 0.2) is 0 Å². The highest BCUT2D eigenvalue weighted by molar-refractivity contribution is 5.14. The van der Waals surface area contributed by atoms with Crippen LogP contribution in [0.3, 0.4) is 0 Å². The van der Waals surface area contributed by atoms with Gasteiger partial charge >= 0.3 is 0 Å². The lowest BCUT2D eigenvalue weighted by atomic mass is 10.1. The smallest absolute Gasteiger partial charge is 0.0962 e. The third-order valence-corrected chi connectivity index (χ3v) is 3.13. The van der Waals surface area contributed by atoms with Crippen molar-refractivity contribution >= 4 is 0 Å². The Balaban J connectivity index is 1.71. The fourth-order valence-electron chi connectivity index (χ4n) is 1.89. The molecular weight excluding hydrogens is 238 g/mol. The van der Waals surface area contributed by atoms with Crippen molar-refractivity contribution in [2.24, 2.45) is 5.73 Å². The third-order valence-electron chi connectivity index (χ3n) is 3.13. The Morgan fingerprint density at radius 3 is 2.68 bits per heavy atom. The predicted molar refractivity (Wildman–Crippen MR) is 75.6 cm³/mol. The Kier molecular flexibility index (Phi) is 5.06. The maximum atomic E-state index is 5.50. The van der Waals surface area contributed by atoms with Gasteiger partial charge in [-0.05, 0) is 19.0 Å². The molecule has 1 aromatic carbocycles. The lowest BCUT2D eigenvalue weighted by molar-refractivity contribution is 0.314. The van der Waals surface area contributed by atoms with E-state index in [1.807, 2.05) is 16.9 Å². The van der Waals surface area contributed by atoms with Gasteiger partial charge in [-0.2, -0.15) is 0 Å². The second-order valence-electron chi connectivity index (χ2n) is 4.72. The average Bonchev–Trinajstić information content (AvgIpc) is 2.92. The van der Waals surface area contributed by atoms with Gasteiger partial charge in [-0.15, -0.1) is 5.10 Å². The van der Waals surface area contributed by atoms with Crippen molar-refractivity contribution in [2.45, 2.75) is 19.5 Å². The monoisotopic (exact) mass is 259 g/mol. The third kappa shape index (κ3) is 4.46. The highest BCUT2D eigenvalue weighted by Gasteiger charge is 2.02. The Bertz CT molecular complexity index is 480. The molecule has 0 spiro atoms. The molecule has 0 aliphatic carbocycles. The molecule has 0 radical (unpaired) electrons. The van der Waals surface area contributed by atoms with E-state index in [4.69, 9.17) is 5.73 Å². The van der Waals surface area contributed by atoms with Crippen LogP contribution >= 0.6 is 0 Å². The molecule has 0 unspecified atom stereocenters. The summed E-state index contributed by atoms with van der Waals surface area (Å²) in [6.07, 6.45) is 2.98. The van der Waals surface area contributed by atoms with Crippen LogP contribution in [-0.2, 0) is 19.5 Å². The standard InChI is InChI=1S/C14H21N5/c1-18(8-7-13-5-3-2-4-6-13)9-10-19-12-14(11-15)16-17-19/h2-6,12H,7-11,15H2,1H3. The quantitative estimate of drug-likeness (QED) is 0.803. The van der Waals surface area contributed by atoms with Crippen LogP contribution < -0.4 is 5.73 Å². The summed E-state index contributed by atoms with van der Waals surface area (Å²) in [5, 5.41) is 8.01. The first-order valence-electron chi connectivity index (χ1n) is 6.59. The molecule has 5 nitrogen and oxygen atoms in total. The molecule has 2 rings (SSSR count). The summed E-state index contributed by atoms with van der Waals surface area (Å²) in [6, 6.07) is 10.5. The van der Waals surface area contributed by atoms with Gasteiger partial charge in [0, 0.05) is 25.8 Å². The lowest BCUT2D eigenvalue weighted by Gasteiger charge is -2.16. The molecule has 5 heteroatoms. The topological polar surface area (TPSA) is 60.0 Å². The van der Waals surface area contributed by atoms with E-state index in [9.17, 15) is 0 Å². The van der Waals surface area contributed by atoms with Gasteiger partial charge in [-0.25, -0.2) is 0 Å². The second-order valence-corrected chi connectivity index (χ2v) is 4.72. The van der Waals surface area contributed by atoms with Crippen LogP contribution in [0, 0.1) is 0 Å². The van der Waals surface area contributed by atoms with E-state index in [0.29, 0.717) is 6.54 Å². The Morgan fingerprint density at radius 2 is 2.00 bits per heavy atom. The number of nitrogens with zero attached hydrogens (tertiary/aromatic N) is 4. The van der Waals surface area contributed by atoms with Crippen LogP contribution in [-0.4, -0.2) is 40.0 Å². The molecule has 2 N–H and O–H groups in total. The van der Waals surface area contributed by atoms with Crippen molar-refractivity contribution in [3.05, 3.63) is 47.8 Å². The normalized spacial score (nSPS) is 11.1. The number of nitrogens with two attached hydrogens (primary N) is 1.